The fraction of sp³-hybridized carbons (Fsp3) is 0.163. The standard InChI is InChI=1S/C49H49N7O3/c1-55-45(54-49(41-27-14-5-15-28-41,42-29-16-6-17-30-42)43-31-18-7-19-32-43)44(37-52-55)53-46(57)56(36-34-50-47(58)59)35-20-33-51-48(38-21-8-2-9-22-38,39-23-10-3-11-24-39)40-25-12-4-13-26-40/h2-19,21-32,37,50-51,54H,20,33-36H2,1H3,(H,53,57)(H,58,59). The summed E-state index contributed by atoms with van der Waals surface area (Å²) < 4.78 is 1.72. The number of carboxylic acid groups (broad SMARTS) is 1. The lowest BCUT2D eigenvalue weighted by Crippen LogP contribution is -2.46. The maximum Gasteiger partial charge on any atom is 0.404 e. The summed E-state index contributed by atoms with van der Waals surface area (Å²) in [5.41, 5.74) is 5.23. The van der Waals surface area contributed by atoms with Crippen molar-refractivity contribution in [1.82, 2.24) is 25.3 Å². The van der Waals surface area contributed by atoms with Gasteiger partial charge in [0, 0.05) is 26.7 Å². The van der Waals surface area contributed by atoms with E-state index in [0.717, 1.165) is 33.4 Å². The molecule has 0 saturated carbocycles. The van der Waals surface area contributed by atoms with E-state index in [1.54, 1.807) is 15.8 Å². The average molecular weight is 784 g/mol. The summed E-state index contributed by atoms with van der Waals surface area (Å²) in [4.78, 5) is 27.5. The third-order valence-electron chi connectivity index (χ3n) is 10.7. The number of urea groups is 1. The number of nitrogens with zero attached hydrogens (tertiary/aromatic N) is 3. The summed E-state index contributed by atoms with van der Waals surface area (Å²) >= 11 is 0. The fourth-order valence-electron chi connectivity index (χ4n) is 7.86. The first-order chi connectivity index (χ1) is 28.9. The van der Waals surface area contributed by atoms with Gasteiger partial charge in [0.2, 0.25) is 0 Å². The molecule has 0 saturated heterocycles. The van der Waals surface area contributed by atoms with Crippen LogP contribution in [0.2, 0.25) is 0 Å². The zero-order valence-corrected chi connectivity index (χ0v) is 33.0. The molecule has 3 amide bonds. The Morgan fingerprint density at radius 3 is 1.36 bits per heavy atom. The van der Waals surface area contributed by atoms with Gasteiger partial charge in [-0.05, 0) is 46.3 Å². The first-order valence-corrected chi connectivity index (χ1v) is 19.8. The summed E-state index contributed by atoms with van der Waals surface area (Å²) in [7, 11) is 1.84. The highest BCUT2D eigenvalue weighted by molar-refractivity contribution is 5.92. The largest absolute Gasteiger partial charge is 0.465 e. The van der Waals surface area contributed by atoms with E-state index in [1.165, 1.54) is 0 Å². The Balaban J connectivity index is 1.17. The van der Waals surface area contributed by atoms with Crippen LogP contribution in [-0.4, -0.2) is 58.1 Å². The van der Waals surface area contributed by atoms with Crippen molar-refractivity contribution >= 4 is 23.6 Å². The van der Waals surface area contributed by atoms with Crippen LogP contribution in [0.4, 0.5) is 21.1 Å². The van der Waals surface area contributed by atoms with Crippen LogP contribution in [0.5, 0.6) is 0 Å². The van der Waals surface area contributed by atoms with Gasteiger partial charge in [-0.3, -0.25) is 10.00 Å². The van der Waals surface area contributed by atoms with E-state index < -0.39 is 17.2 Å². The van der Waals surface area contributed by atoms with Crippen molar-refractivity contribution in [2.24, 2.45) is 7.05 Å². The van der Waals surface area contributed by atoms with Crippen molar-refractivity contribution in [1.29, 1.82) is 0 Å². The van der Waals surface area contributed by atoms with Gasteiger partial charge in [-0.1, -0.05) is 182 Å². The van der Waals surface area contributed by atoms with Crippen LogP contribution in [0, 0.1) is 0 Å². The highest BCUT2D eigenvalue weighted by Crippen LogP contribution is 2.42. The molecule has 0 bridgehead atoms. The number of carbonyl (C=O) groups is 2. The number of aryl methyl sites for hydroxylation is 1. The van der Waals surface area contributed by atoms with Crippen LogP contribution in [0.15, 0.2) is 188 Å². The number of anilines is 2. The number of carbonyl (C=O) groups excluding carboxylic acids is 1. The van der Waals surface area contributed by atoms with Crippen LogP contribution in [0.25, 0.3) is 0 Å². The molecular formula is C49H49N7O3. The van der Waals surface area contributed by atoms with Crippen molar-refractivity contribution in [3.8, 4) is 0 Å². The van der Waals surface area contributed by atoms with Crippen LogP contribution >= 0.6 is 0 Å². The van der Waals surface area contributed by atoms with E-state index in [1.807, 2.05) is 116 Å². The van der Waals surface area contributed by atoms with Crippen molar-refractivity contribution in [2.45, 2.75) is 17.5 Å². The zero-order chi connectivity index (χ0) is 40.9. The third-order valence-corrected chi connectivity index (χ3v) is 10.7. The highest BCUT2D eigenvalue weighted by Gasteiger charge is 2.38. The molecule has 10 nitrogen and oxygen atoms in total. The molecular weight excluding hydrogens is 735 g/mol. The number of hydrogen-bond donors (Lipinski definition) is 5. The second-order valence-corrected chi connectivity index (χ2v) is 14.3. The number of amides is 3. The quantitative estimate of drug-likeness (QED) is 0.0465. The molecule has 1 aromatic heterocycles. The normalized spacial score (nSPS) is 11.4. The molecule has 0 radical (unpaired) electrons. The van der Waals surface area contributed by atoms with Crippen molar-refractivity contribution in [2.75, 3.05) is 36.8 Å². The maximum absolute atomic E-state index is 14.3. The monoisotopic (exact) mass is 783 g/mol. The Hall–Kier alpha value is -7.17. The van der Waals surface area contributed by atoms with Crippen molar-refractivity contribution in [3.05, 3.63) is 222 Å². The molecule has 0 unspecified atom stereocenters. The Morgan fingerprint density at radius 2 is 0.966 bits per heavy atom. The van der Waals surface area contributed by atoms with Crippen molar-refractivity contribution in [3.63, 3.8) is 0 Å². The number of hydrogen-bond acceptors (Lipinski definition) is 5. The average Bonchev–Trinajstić information content (AvgIpc) is 3.63. The molecule has 10 heteroatoms. The molecule has 0 spiro atoms. The predicted octanol–water partition coefficient (Wildman–Crippen LogP) is 8.90. The van der Waals surface area contributed by atoms with E-state index in [2.05, 4.69) is 99.2 Å². The number of aromatic nitrogens is 2. The zero-order valence-electron chi connectivity index (χ0n) is 33.0. The van der Waals surface area contributed by atoms with Crippen molar-refractivity contribution < 1.29 is 14.7 Å². The molecule has 1 heterocycles. The lowest BCUT2D eigenvalue weighted by molar-refractivity contribution is 0.189. The van der Waals surface area contributed by atoms with E-state index in [4.69, 9.17) is 0 Å². The molecule has 5 N–H and O–H groups in total. The highest BCUT2D eigenvalue weighted by atomic mass is 16.4. The fourth-order valence-corrected chi connectivity index (χ4v) is 7.86. The number of nitrogens with one attached hydrogen (secondary N) is 4. The minimum Gasteiger partial charge on any atom is -0.465 e. The summed E-state index contributed by atoms with van der Waals surface area (Å²) in [6.07, 6.45) is 1.06. The second-order valence-electron chi connectivity index (χ2n) is 14.3. The topological polar surface area (TPSA) is 124 Å². The SMILES string of the molecule is Cn1ncc(NC(=O)N(CCCNC(c2ccccc2)(c2ccccc2)c2ccccc2)CCNC(=O)O)c1NC(c1ccccc1)(c1ccccc1)c1ccccc1. The molecule has 0 aliphatic heterocycles. The van der Waals surface area contributed by atoms with Gasteiger partial charge in [0.15, 0.2) is 0 Å². The summed E-state index contributed by atoms with van der Waals surface area (Å²) in [6, 6.07) is 61.4. The number of benzene rings is 6. The van der Waals surface area contributed by atoms with Crippen LogP contribution < -0.4 is 21.3 Å². The minimum atomic E-state index is -1.15. The second kappa shape index (κ2) is 18.8. The first-order valence-electron chi connectivity index (χ1n) is 19.8. The molecule has 7 rings (SSSR count). The van der Waals surface area contributed by atoms with Gasteiger partial charge in [-0.25, -0.2) is 9.59 Å². The molecule has 0 fully saturated rings. The Bertz CT molecular complexity index is 2190. The van der Waals surface area contributed by atoms with E-state index >= 15 is 0 Å². The van der Waals surface area contributed by atoms with E-state index in [-0.39, 0.29) is 19.1 Å². The van der Waals surface area contributed by atoms with Gasteiger partial charge < -0.3 is 26.0 Å². The van der Waals surface area contributed by atoms with E-state index in [9.17, 15) is 14.7 Å². The molecule has 0 aliphatic rings. The lowest BCUT2D eigenvalue weighted by atomic mass is 9.77. The van der Waals surface area contributed by atoms with E-state index in [0.29, 0.717) is 31.0 Å². The predicted molar refractivity (Wildman–Crippen MR) is 234 cm³/mol. The van der Waals surface area contributed by atoms with Gasteiger partial charge in [-0.2, -0.15) is 5.10 Å². The van der Waals surface area contributed by atoms with Crippen LogP contribution in [0.3, 0.4) is 0 Å². The molecule has 0 aliphatic carbocycles. The molecule has 298 valence electrons. The maximum atomic E-state index is 14.3. The lowest BCUT2D eigenvalue weighted by Gasteiger charge is -2.38. The third kappa shape index (κ3) is 8.88. The van der Waals surface area contributed by atoms with Crippen LogP contribution in [-0.2, 0) is 18.1 Å². The molecule has 0 atom stereocenters. The molecule has 6 aromatic carbocycles. The van der Waals surface area contributed by atoms with Crippen LogP contribution in [0.1, 0.15) is 39.8 Å². The smallest absolute Gasteiger partial charge is 0.404 e. The van der Waals surface area contributed by atoms with Gasteiger partial charge in [-0.15, -0.1) is 0 Å². The Morgan fingerprint density at radius 1 is 0.576 bits per heavy atom. The molecule has 7 aromatic rings. The summed E-state index contributed by atoms with van der Waals surface area (Å²) in [5, 5.41) is 27.3. The van der Waals surface area contributed by atoms with Gasteiger partial charge >= 0.3 is 12.1 Å². The molecule has 59 heavy (non-hydrogen) atoms. The Kier molecular flexibility index (Phi) is 12.8. The first kappa shape index (κ1) is 40.0. The minimum absolute atomic E-state index is 0.0649. The van der Waals surface area contributed by atoms with Gasteiger partial charge in [0.25, 0.3) is 0 Å². The van der Waals surface area contributed by atoms with Gasteiger partial charge in [0.1, 0.15) is 17.0 Å². The summed E-state index contributed by atoms with van der Waals surface area (Å²) in [5.74, 6) is 0.596. The summed E-state index contributed by atoms with van der Waals surface area (Å²) in [6.45, 7) is 1.11. The Labute approximate surface area is 345 Å². The van der Waals surface area contributed by atoms with Gasteiger partial charge in [0.05, 0.1) is 11.7 Å². The number of rotatable bonds is 17.